The summed E-state index contributed by atoms with van der Waals surface area (Å²) in [5.74, 6) is -0.409. The van der Waals surface area contributed by atoms with Gasteiger partial charge in [0, 0.05) is 16.8 Å². The van der Waals surface area contributed by atoms with Gasteiger partial charge >= 0.3 is 0 Å². The largest absolute Gasteiger partial charge is 0.322 e. The van der Waals surface area contributed by atoms with Gasteiger partial charge in [-0.3, -0.25) is 9.59 Å². The average Bonchev–Trinajstić information content (AvgIpc) is 3.01. The van der Waals surface area contributed by atoms with Crippen LogP contribution in [-0.4, -0.2) is 17.5 Å². The second-order valence-corrected chi connectivity index (χ2v) is 6.78. The first-order valence-electron chi connectivity index (χ1n) is 8.99. The van der Waals surface area contributed by atoms with Crippen LogP contribution in [0.3, 0.4) is 0 Å². The molecule has 3 aromatic rings. The smallest absolute Gasteiger partial charge is 0.275 e. The van der Waals surface area contributed by atoms with Crippen molar-refractivity contribution in [2.45, 2.75) is 13.8 Å². The maximum absolute atomic E-state index is 12.4. The van der Waals surface area contributed by atoms with Crippen molar-refractivity contribution in [3.05, 3.63) is 89.0 Å². The van der Waals surface area contributed by atoms with E-state index in [4.69, 9.17) is 0 Å². The van der Waals surface area contributed by atoms with E-state index >= 15 is 0 Å². The van der Waals surface area contributed by atoms with E-state index in [0.29, 0.717) is 17.0 Å². The second-order valence-electron chi connectivity index (χ2n) is 6.78. The zero-order chi connectivity index (χ0) is 19.7. The Labute approximate surface area is 163 Å². The van der Waals surface area contributed by atoms with Gasteiger partial charge in [0.15, 0.2) is 0 Å². The average molecular weight is 369 g/mol. The summed E-state index contributed by atoms with van der Waals surface area (Å²) in [7, 11) is 0. The van der Waals surface area contributed by atoms with Crippen molar-refractivity contribution in [3.63, 3.8) is 0 Å². The molecule has 0 saturated heterocycles. The zero-order valence-corrected chi connectivity index (χ0v) is 15.6. The molecule has 3 aromatic carbocycles. The Bertz CT molecular complexity index is 1100. The number of nitrogens with zero attached hydrogens (tertiary/aromatic N) is 1. The van der Waals surface area contributed by atoms with E-state index in [1.54, 1.807) is 24.3 Å². The van der Waals surface area contributed by atoms with E-state index in [0.717, 1.165) is 28.1 Å². The highest BCUT2D eigenvalue weighted by atomic mass is 16.2. The van der Waals surface area contributed by atoms with Crippen LogP contribution in [0, 0.1) is 13.8 Å². The molecule has 28 heavy (non-hydrogen) atoms. The number of hydrogen-bond acceptors (Lipinski definition) is 3. The van der Waals surface area contributed by atoms with Crippen molar-refractivity contribution < 1.29 is 9.59 Å². The molecule has 1 heterocycles. The molecule has 0 spiro atoms. The lowest BCUT2D eigenvalue weighted by Gasteiger charge is -2.06. The Morgan fingerprint density at radius 2 is 1.64 bits per heavy atom. The van der Waals surface area contributed by atoms with Gasteiger partial charge in [-0.2, -0.15) is 0 Å². The lowest BCUT2D eigenvalue weighted by molar-refractivity contribution is -0.110. The molecular weight excluding hydrogens is 350 g/mol. The Morgan fingerprint density at radius 3 is 2.36 bits per heavy atom. The molecule has 5 nitrogen and oxygen atoms in total. The summed E-state index contributed by atoms with van der Waals surface area (Å²) >= 11 is 0. The molecule has 2 N–H and O–H groups in total. The van der Waals surface area contributed by atoms with Crippen molar-refractivity contribution in [2.75, 3.05) is 10.6 Å². The molecule has 1 aliphatic heterocycles. The molecular formula is C23H19N3O2. The standard InChI is InChI=1S/C23H19N3O2/c1-14-6-10-18(11-7-14)25-22(27)16-8-12-17(13-9-16)24-21-19-5-3-4-15(2)20(19)26-23(21)28/h3-13H,1-2H3,(H,25,27)(H,24,26,28). The highest BCUT2D eigenvalue weighted by Crippen LogP contribution is 2.28. The predicted molar refractivity (Wildman–Crippen MR) is 112 cm³/mol. The highest BCUT2D eigenvalue weighted by molar-refractivity contribution is 6.54. The third-order valence-corrected chi connectivity index (χ3v) is 4.66. The number of amides is 2. The van der Waals surface area contributed by atoms with Gasteiger partial charge in [0.05, 0.1) is 11.4 Å². The van der Waals surface area contributed by atoms with E-state index in [1.165, 1.54) is 0 Å². The zero-order valence-electron chi connectivity index (χ0n) is 15.6. The maximum Gasteiger partial charge on any atom is 0.275 e. The Balaban J connectivity index is 1.55. The fourth-order valence-corrected chi connectivity index (χ4v) is 3.09. The predicted octanol–water partition coefficient (Wildman–Crippen LogP) is 4.63. The second kappa shape index (κ2) is 7.12. The van der Waals surface area contributed by atoms with Crippen molar-refractivity contribution in [1.29, 1.82) is 0 Å². The fraction of sp³-hybridized carbons (Fsp3) is 0.0870. The van der Waals surface area contributed by atoms with E-state index in [9.17, 15) is 9.59 Å². The third kappa shape index (κ3) is 3.42. The fourth-order valence-electron chi connectivity index (χ4n) is 3.09. The summed E-state index contributed by atoms with van der Waals surface area (Å²) in [5, 5.41) is 5.73. The number of carbonyl (C=O) groups excluding carboxylic acids is 2. The van der Waals surface area contributed by atoms with Gasteiger partial charge in [0.25, 0.3) is 11.8 Å². The molecule has 5 heteroatoms. The van der Waals surface area contributed by atoms with Crippen LogP contribution in [-0.2, 0) is 4.79 Å². The van der Waals surface area contributed by atoms with Crippen molar-refractivity contribution in [1.82, 2.24) is 0 Å². The van der Waals surface area contributed by atoms with Crippen LogP contribution in [0.15, 0.2) is 71.7 Å². The van der Waals surface area contributed by atoms with E-state index in [-0.39, 0.29) is 11.8 Å². The van der Waals surface area contributed by atoms with Crippen LogP contribution in [0.1, 0.15) is 27.0 Å². The van der Waals surface area contributed by atoms with Crippen molar-refractivity contribution >= 4 is 34.6 Å². The minimum Gasteiger partial charge on any atom is -0.322 e. The van der Waals surface area contributed by atoms with Gasteiger partial charge in [0.1, 0.15) is 5.71 Å². The lowest BCUT2D eigenvalue weighted by Crippen LogP contribution is -2.14. The van der Waals surface area contributed by atoms with Gasteiger partial charge in [-0.05, 0) is 55.8 Å². The number of aryl methyl sites for hydroxylation is 2. The molecule has 0 fully saturated rings. The SMILES string of the molecule is Cc1ccc(NC(=O)c2ccc(N=C3C(=O)Nc4c(C)cccc43)cc2)cc1. The molecule has 4 rings (SSSR count). The minimum absolute atomic E-state index is 0.192. The van der Waals surface area contributed by atoms with Gasteiger partial charge in [-0.1, -0.05) is 35.9 Å². The molecule has 138 valence electrons. The summed E-state index contributed by atoms with van der Waals surface area (Å²) in [6.07, 6.45) is 0. The van der Waals surface area contributed by atoms with E-state index in [1.807, 2.05) is 56.3 Å². The summed E-state index contributed by atoms with van der Waals surface area (Å²) < 4.78 is 0. The highest BCUT2D eigenvalue weighted by Gasteiger charge is 2.26. The van der Waals surface area contributed by atoms with Crippen LogP contribution < -0.4 is 10.6 Å². The molecule has 0 atom stereocenters. The molecule has 0 saturated carbocycles. The minimum atomic E-state index is -0.217. The van der Waals surface area contributed by atoms with E-state index < -0.39 is 0 Å². The van der Waals surface area contributed by atoms with Gasteiger partial charge in [-0.25, -0.2) is 4.99 Å². The summed E-state index contributed by atoms with van der Waals surface area (Å²) in [6, 6.07) is 20.2. The first-order valence-corrected chi connectivity index (χ1v) is 8.99. The summed E-state index contributed by atoms with van der Waals surface area (Å²) in [6.45, 7) is 3.94. The first-order chi connectivity index (χ1) is 13.5. The molecule has 2 amide bonds. The quantitative estimate of drug-likeness (QED) is 0.707. The van der Waals surface area contributed by atoms with Crippen LogP contribution in [0.5, 0.6) is 0 Å². The maximum atomic E-state index is 12.4. The first kappa shape index (κ1) is 17.7. The van der Waals surface area contributed by atoms with Crippen LogP contribution in [0.25, 0.3) is 0 Å². The molecule has 0 radical (unpaired) electrons. The number of rotatable bonds is 3. The lowest BCUT2D eigenvalue weighted by atomic mass is 10.1. The number of benzene rings is 3. The van der Waals surface area contributed by atoms with Crippen LogP contribution in [0.4, 0.5) is 17.1 Å². The number of hydrogen-bond donors (Lipinski definition) is 2. The number of carbonyl (C=O) groups is 2. The molecule has 0 aliphatic carbocycles. The van der Waals surface area contributed by atoms with Gasteiger partial charge in [0.2, 0.25) is 0 Å². The number of para-hydroxylation sites is 1. The third-order valence-electron chi connectivity index (χ3n) is 4.66. The number of nitrogens with one attached hydrogen (secondary N) is 2. The number of anilines is 2. The topological polar surface area (TPSA) is 70.6 Å². The van der Waals surface area contributed by atoms with Crippen molar-refractivity contribution in [2.24, 2.45) is 4.99 Å². The molecule has 1 aliphatic rings. The van der Waals surface area contributed by atoms with Gasteiger partial charge < -0.3 is 10.6 Å². The van der Waals surface area contributed by atoms with Crippen LogP contribution in [0.2, 0.25) is 0 Å². The van der Waals surface area contributed by atoms with Gasteiger partial charge in [-0.15, -0.1) is 0 Å². The Morgan fingerprint density at radius 1 is 0.929 bits per heavy atom. The number of aliphatic imine (C=N–C) groups is 1. The van der Waals surface area contributed by atoms with E-state index in [2.05, 4.69) is 15.6 Å². The molecule has 0 aromatic heterocycles. The Hall–Kier alpha value is -3.73. The molecule has 0 bridgehead atoms. The normalized spacial score (nSPS) is 13.9. The van der Waals surface area contributed by atoms with Crippen LogP contribution >= 0.6 is 0 Å². The Kier molecular flexibility index (Phi) is 4.49. The molecule has 0 unspecified atom stereocenters. The summed E-state index contributed by atoms with van der Waals surface area (Å²) in [4.78, 5) is 29.2. The monoisotopic (exact) mass is 369 g/mol. The number of fused-ring (bicyclic) bond motifs is 1. The summed E-state index contributed by atoms with van der Waals surface area (Å²) in [5.41, 5.74) is 6.01. The van der Waals surface area contributed by atoms with Crippen molar-refractivity contribution in [3.8, 4) is 0 Å².